The third kappa shape index (κ3) is 6.93. The number of Topliss-reactive ketones (excluding diaryl/α,β-unsaturated/α-hetero) is 1. The number of rotatable bonds is 12. The monoisotopic (exact) mass is 496 g/mol. The number of anilines is 1. The molecule has 1 amide bonds. The van der Waals surface area contributed by atoms with Gasteiger partial charge in [-0.15, -0.1) is 0 Å². The fourth-order valence-electron chi connectivity index (χ4n) is 3.13. The van der Waals surface area contributed by atoms with Crippen LogP contribution in [0.15, 0.2) is 41.3 Å². The number of methoxy groups -OCH3 is 1. The average molecular weight is 497 g/mol. The Morgan fingerprint density at radius 1 is 1.06 bits per heavy atom. The molecule has 0 saturated heterocycles. The molecule has 0 aliphatic heterocycles. The Hall–Kier alpha value is -2.62. The molecule has 0 aromatic heterocycles. The van der Waals surface area contributed by atoms with E-state index < -0.39 is 10.0 Å². The van der Waals surface area contributed by atoms with Crippen LogP contribution in [-0.2, 0) is 14.8 Å². The Morgan fingerprint density at radius 3 is 2.36 bits per heavy atom. The van der Waals surface area contributed by atoms with Crippen LogP contribution in [0.3, 0.4) is 0 Å². The number of hydrogen-bond acceptors (Lipinski definition) is 6. The van der Waals surface area contributed by atoms with Crippen molar-refractivity contribution < 1.29 is 27.5 Å². The van der Waals surface area contributed by atoms with Crippen LogP contribution in [0, 0.1) is 0 Å². The molecule has 0 bridgehead atoms. The standard InChI is InChI=1S/C23H29ClN2O6S/c1-5-26(6-2)33(29,30)22-15-18(10-11-19(22)24)25-23(28)8-7-13-32-20-12-9-17(16(3)27)14-21(20)31-4/h9-12,14-15H,5-8,13H2,1-4H3,(H,25,28). The summed E-state index contributed by atoms with van der Waals surface area (Å²) in [7, 11) is -2.27. The zero-order chi connectivity index (χ0) is 24.6. The zero-order valence-corrected chi connectivity index (χ0v) is 20.8. The van der Waals surface area contributed by atoms with E-state index >= 15 is 0 Å². The predicted molar refractivity (Wildman–Crippen MR) is 128 cm³/mol. The second-order valence-corrected chi connectivity index (χ2v) is 9.47. The van der Waals surface area contributed by atoms with Gasteiger partial charge >= 0.3 is 0 Å². The van der Waals surface area contributed by atoms with Crippen LogP contribution in [0.5, 0.6) is 11.5 Å². The summed E-state index contributed by atoms with van der Waals surface area (Å²) in [5.41, 5.74) is 0.862. The summed E-state index contributed by atoms with van der Waals surface area (Å²) in [6, 6.07) is 9.28. The first-order chi connectivity index (χ1) is 15.6. The Kier molecular flexibility index (Phi) is 9.70. The van der Waals surface area contributed by atoms with Gasteiger partial charge in [-0.3, -0.25) is 9.59 Å². The Labute approximate surface area is 199 Å². The highest BCUT2D eigenvalue weighted by Gasteiger charge is 2.25. The fourth-order valence-corrected chi connectivity index (χ4v) is 5.08. The third-order valence-corrected chi connectivity index (χ3v) is 7.45. The molecule has 33 heavy (non-hydrogen) atoms. The normalized spacial score (nSPS) is 11.3. The minimum Gasteiger partial charge on any atom is -0.493 e. The summed E-state index contributed by atoms with van der Waals surface area (Å²) in [6.07, 6.45) is 0.580. The molecule has 8 nitrogen and oxygen atoms in total. The van der Waals surface area contributed by atoms with Gasteiger partial charge in [0.1, 0.15) is 4.90 Å². The molecule has 180 valence electrons. The van der Waals surface area contributed by atoms with Crippen molar-refractivity contribution in [3.8, 4) is 11.5 Å². The molecular weight excluding hydrogens is 468 g/mol. The van der Waals surface area contributed by atoms with Crippen LogP contribution in [0.25, 0.3) is 0 Å². The number of halogens is 1. The van der Waals surface area contributed by atoms with E-state index in [-0.39, 0.29) is 34.6 Å². The lowest BCUT2D eigenvalue weighted by Crippen LogP contribution is -2.30. The fraction of sp³-hybridized carbons (Fsp3) is 0.391. The largest absolute Gasteiger partial charge is 0.493 e. The molecular formula is C23H29ClN2O6S. The highest BCUT2D eigenvalue weighted by Crippen LogP contribution is 2.29. The lowest BCUT2D eigenvalue weighted by Gasteiger charge is -2.19. The van der Waals surface area contributed by atoms with Crippen LogP contribution in [0.2, 0.25) is 5.02 Å². The van der Waals surface area contributed by atoms with E-state index in [0.29, 0.717) is 42.3 Å². The van der Waals surface area contributed by atoms with Crippen molar-refractivity contribution in [3.05, 3.63) is 47.0 Å². The first-order valence-corrected chi connectivity index (χ1v) is 12.4. The van der Waals surface area contributed by atoms with Gasteiger partial charge in [0.2, 0.25) is 15.9 Å². The molecule has 0 radical (unpaired) electrons. The molecule has 0 unspecified atom stereocenters. The second kappa shape index (κ2) is 12.0. The maximum atomic E-state index is 12.8. The number of ether oxygens (including phenoxy) is 2. The van der Waals surface area contributed by atoms with Gasteiger partial charge in [0, 0.05) is 30.8 Å². The van der Waals surface area contributed by atoms with Crippen molar-refractivity contribution in [1.29, 1.82) is 0 Å². The summed E-state index contributed by atoms with van der Waals surface area (Å²) in [5.74, 6) is 0.555. The lowest BCUT2D eigenvalue weighted by molar-refractivity contribution is -0.116. The van der Waals surface area contributed by atoms with E-state index in [4.69, 9.17) is 21.1 Å². The minimum absolute atomic E-state index is 0.0462. The summed E-state index contributed by atoms with van der Waals surface area (Å²) in [6.45, 7) is 5.84. The first-order valence-electron chi connectivity index (χ1n) is 10.5. The lowest BCUT2D eigenvalue weighted by atomic mass is 10.1. The van der Waals surface area contributed by atoms with Gasteiger partial charge in [0.05, 0.1) is 18.7 Å². The maximum Gasteiger partial charge on any atom is 0.244 e. The predicted octanol–water partition coefficient (Wildman–Crippen LogP) is 4.38. The van der Waals surface area contributed by atoms with Crippen molar-refractivity contribution in [3.63, 3.8) is 0 Å². The Bertz CT molecular complexity index is 1100. The van der Waals surface area contributed by atoms with Gasteiger partial charge in [-0.2, -0.15) is 4.31 Å². The average Bonchev–Trinajstić information content (AvgIpc) is 2.78. The van der Waals surface area contributed by atoms with Gasteiger partial charge < -0.3 is 14.8 Å². The number of ketones is 1. The molecule has 0 saturated carbocycles. The number of nitrogens with zero attached hydrogens (tertiary/aromatic N) is 1. The van der Waals surface area contributed by atoms with Gasteiger partial charge in [-0.1, -0.05) is 25.4 Å². The topological polar surface area (TPSA) is 102 Å². The second-order valence-electron chi connectivity index (χ2n) is 7.16. The zero-order valence-electron chi connectivity index (χ0n) is 19.2. The molecule has 0 atom stereocenters. The first kappa shape index (κ1) is 26.6. The van der Waals surface area contributed by atoms with E-state index in [1.54, 1.807) is 38.1 Å². The quantitative estimate of drug-likeness (QED) is 0.345. The highest BCUT2D eigenvalue weighted by atomic mass is 35.5. The van der Waals surface area contributed by atoms with E-state index in [9.17, 15) is 18.0 Å². The highest BCUT2D eigenvalue weighted by molar-refractivity contribution is 7.89. The van der Waals surface area contributed by atoms with Crippen molar-refractivity contribution in [1.82, 2.24) is 4.31 Å². The number of benzene rings is 2. The number of nitrogens with one attached hydrogen (secondary N) is 1. The summed E-state index contributed by atoms with van der Waals surface area (Å²) in [5, 5.41) is 2.79. The number of hydrogen-bond donors (Lipinski definition) is 1. The summed E-state index contributed by atoms with van der Waals surface area (Å²) < 4.78 is 37.8. The Balaban J connectivity index is 1.96. The van der Waals surface area contributed by atoms with E-state index in [1.165, 1.54) is 30.5 Å². The number of amides is 1. The van der Waals surface area contributed by atoms with Gasteiger partial charge in [-0.05, 0) is 49.7 Å². The van der Waals surface area contributed by atoms with Crippen molar-refractivity contribution in [2.45, 2.75) is 38.5 Å². The molecule has 1 N–H and O–H groups in total. The molecule has 2 aromatic carbocycles. The number of carbonyl (C=O) groups excluding carboxylic acids is 2. The van der Waals surface area contributed by atoms with Gasteiger partial charge in [0.15, 0.2) is 17.3 Å². The SMILES string of the molecule is CCN(CC)S(=O)(=O)c1cc(NC(=O)CCCOc2ccc(C(C)=O)cc2OC)ccc1Cl. The third-order valence-electron chi connectivity index (χ3n) is 4.91. The van der Waals surface area contributed by atoms with Crippen LogP contribution in [0.1, 0.15) is 44.0 Å². The molecule has 0 spiro atoms. The van der Waals surface area contributed by atoms with E-state index in [1.807, 2.05) is 0 Å². The summed E-state index contributed by atoms with van der Waals surface area (Å²) in [4.78, 5) is 23.8. The van der Waals surface area contributed by atoms with Crippen LogP contribution in [0.4, 0.5) is 5.69 Å². The molecule has 0 aliphatic rings. The minimum atomic E-state index is -3.76. The van der Waals surface area contributed by atoms with Crippen LogP contribution in [-0.4, -0.2) is 51.2 Å². The van der Waals surface area contributed by atoms with Gasteiger partial charge in [0.25, 0.3) is 0 Å². The van der Waals surface area contributed by atoms with Crippen LogP contribution >= 0.6 is 11.6 Å². The van der Waals surface area contributed by atoms with E-state index in [2.05, 4.69) is 5.32 Å². The maximum absolute atomic E-state index is 12.8. The molecule has 2 rings (SSSR count). The van der Waals surface area contributed by atoms with E-state index in [0.717, 1.165) is 0 Å². The molecule has 10 heteroatoms. The van der Waals surface area contributed by atoms with Crippen molar-refractivity contribution >= 4 is 39.0 Å². The van der Waals surface area contributed by atoms with Crippen molar-refractivity contribution in [2.75, 3.05) is 32.1 Å². The smallest absolute Gasteiger partial charge is 0.244 e. The molecule has 0 fully saturated rings. The van der Waals surface area contributed by atoms with Crippen molar-refractivity contribution in [2.24, 2.45) is 0 Å². The van der Waals surface area contributed by atoms with Gasteiger partial charge in [-0.25, -0.2) is 8.42 Å². The number of sulfonamides is 1. The number of carbonyl (C=O) groups is 2. The molecule has 2 aromatic rings. The van der Waals surface area contributed by atoms with Crippen LogP contribution < -0.4 is 14.8 Å². The Morgan fingerprint density at radius 2 is 1.76 bits per heavy atom. The molecule has 0 aliphatic carbocycles. The molecule has 0 heterocycles. The summed E-state index contributed by atoms with van der Waals surface area (Å²) >= 11 is 6.12.